The molecule has 1 aromatic carbocycles. The molecule has 1 fully saturated rings. The number of alkyl carbamates (subject to hydrolysis) is 1. The van der Waals surface area contributed by atoms with Gasteiger partial charge in [0.1, 0.15) is 17.6 Å². The summed E-state index contributed by atoms with van der Waals surface area (Å²) in [5, 5.41) is 12.3. The number of nitrogens with one attached hydrogen (secondary N) is 1. The van der Waals surface area contributed by atoms with Crippen LogP contribution in [0.15, 0.2) is 18.2 Å². The summed E-state index contributed by atoms with van der Waals surface area (Å²) in [7, 11) is 0. The van der Waals surface area contributed by atoms with Crippen molar-refractivity contribution < 1.29 is 28.2 Å². The number of nitrogens with zero attached hydrogens (tertiary/aromatic N) is 2. The van der Waals surface area contributed by atoms with E-state index in [2.05, 4.69) is 10.3 Å². The normalized spacial score (nSPS) is 19.4. The second kappa shape index (κ2) is 8.64. The van der Waals surface area contributed by atoms with Gasteiger partial charge in [0.25, 0.3) is 0 Å². The molecule has 1 aliphatic rings. The van der Waals surface area contributed by atoms with E-state index in [1.54, 1.807) is 32.6 Å². The van der Waals surface area contributed by atoms with Gasteiger partial charge in [0, 0.05) is 11.9 Å². The van der Waals surface area contributed by atoms with Gasteiger partial charge in [0.2, 0.25) is 0 Å². The van der Waals surface area contributed by atoms with Gasteiger partial charge in [0.15, 0.2) is 5.69 Å². The minimum Gasteiger partial charge on any atom is -0.477 e. The Morgan fingerprint density at radius 2 is 2.06 bits per heavy atom. The first-order valence-corrected chi connectivity index (χ1v) is 10.2. The third kappa shape index (κ3) is 5.03. The maximum absolute atomic E-state index is 14.9. The number of piperidine rings is 1. The predicted molar refractivity (Wildman–Crippen MR) is 113 cm³/mol. The highest BCUT2D eigenvalue weighted by molar-refractivity contribution is 5.97. The summed E-state index contributed by atoms with van der Waals surface area (Å²) in [6.07, 6.45) is -1.38. The number of aromatic nitrogens is 1. The van der Waals surface area contributed by atoms with Gasteiger partial charge >= 0.3 is 12.1 Å². The quantitative estimate of drug-likeness (QED) is 0.752. The van der Waals surface area contributed by atoms with Crippen molar-refractivity contribution in [2.75, 3.05) is 18.0 Å². The molecule has 9 heteroatoms. The van der Waals surface area contributed by atoms with Crippen LogP contribution in [0.4, 0.5) is 19.3 Å². The van der Waals surface area contributed by atoms with E-state index in [0.29, 0.717) is 30.6 Å². The SMILES string of the molecule is CCc1cc2c(F)ccc(N3CCC(NC(=O)OC(C)(C)C)C(F)C3)c2nc1C(=O)O. The lowest BCUT2D eigenvalue weighted by Gasteiger charge is -2.37. The number of alkyl halides is 1. The van der Waals surface area contributed by atoms with Crippen molar-refractivity contribution in [2.24, 2.45) is 0 Å². The summed E-state index contributed by atoms with van der Waals surface area (Å²) in [6, 6.07) is 3.54. The summed E-state index contributed by atoms with van der Waals surface area (Å²) in [5.41, 5.74) is 0.245. The number of amides is 1. The van der Waals surface area contributed by atoms with Crippen LogP contribution in [0.3, 0.4) is 0 Å². The van der Waals surface area contributed by atoms with Crippen molar-refractivity contribution in [3.63, 3.8) is 0 Å². The number of aryl methyl sites for hydroxylation is 1. The van der Waals surface area contributed by atoms with Gasteiger partial charge in [-0.3, -0.25) is 0 Å². The molecular formula is C22H27F2N3O4. The Hall–Kier alpha value is -2.97. The van der Waals surface area contributed by atoms with Gasteiger partial charge in [-0.25, -0.2) is 23.4 Å². The Labute approximate surface area is 179 Å². The molecule has 2 unspecified atom stereocenters. The molecule has 168 valence electrons. The van der Waals surface area contributed by atoms with Crippen LogP contribution in [-0.2, 0) is 11.2 Å². The summed E-state index contributed by atoms with van der Waals surface area (Å²) in [6.45, 7) is 7.27. The van der Waals surface area contributed by atoms with Crippen LogP contribution in [0.2, 0.25) is 0 Å². The fraction of sp³-hybridized carbons (Fsp3) is 0.500. The fourth-order valence-corrected chi connectivity index (χ4v) is 3.71. The van der Waals surface area contributed by atoms with E-state index in [9.17, 15) is 23.5 Å². The highest BCUT2D eigenvalue weighted by atomic mass is 19.1. The number of hydrogen-bond donors (Lipinski definition) is 2. The monoisotopic (exact) mass is 435 g/mol. The lowest BCUT2D eigenvalue weighted by Crippen LogP contribution is -2.53. The number of halogens is 2. The average Bonchev–Trinajstić information content (AvgIpc) is 2.67. The molecule has 1 saturated heterocycles. The number of benzene rings is 1. The van der Waals surface area contributed by atoms with Crippen LogP contribution in [0, 0.1) is 5.82 Å². The number of carbonyl (C=O) groups is 2. The number of ether oxygens (including phenoxy) is 1. The Morgan fingerprint density at radius 3 is 2.65 bits per heavy atom. The summed E-state index contributed by atoms with van der Waals surface area (Å²) in [5.74, 6) is -1.71. The molecule has 3 rings (SSSR count). The van der Waals surface area contributed by atoms with E-state index >= 15 is 0 Å². The average molecular weight is 435 g/mol. The first-order valence-electron chi connectivity index (χ1n) is 10.2. The molecule has 2 aromatic rings. The molecule has 2 atom stereocenters. The summed E-state index contributed by atoms with van der Waals surface area (Å²) >= 11 is 0. The van der Waals surface area contributed by atoms with E-state index in [-0.39, 0.29) is 23.1 Å². The maximum atomic E-state index is 14.9. The zero-order valence-corrected chi connectivity index (χ0v) is 18.0. The maximum Gasteiger partial charge on any atom is 0.407 e. The minimum absolute atomic E-state index is 0.0548. The number of carboxylic acid groups (broad SMARTS) is 1. The molecule has 2 heterocycles. The van der Waals surface area contributed by atoms with Gasteiger partial charge in [-0.2, -0.15) is 0 Å². The molecule has 1 aromatic heterocycles. The number of anilines is 1. The van der Waals surface area contributed by atoms with E-state index in [1.165, 1.54) is 18.2 Å². The topological polar surface area (TPSA) is 91.8 Å². The van der Waals surface area contributed by atoms with E-state index in [1.807, 2.05) is 0 Å². The van der Waals surface area contributed by atoms with E-state index < -0.39 is 35.7 Å². The molecule has 1 aliphatic heterocycles. The first-order chi connectivity index (χ1) is 14.5. The molecule has 1 amide bonds. The number of carboxylic acids is 1. The largest absolute Gasteiger partial charge is 0.477 e. The molecule has 31 heavy (non-hydrogen) atoms. The zero-order valence-electron chi connectivity index (χ0n) is 18.0. The molecule has 0 bridgehead atoms. The fourth-order valence-electron chi connectivity index (χ4n) is 3.71. The number of rotatable bonds is 4. The smallest absolute Gasteiger partial charge is 0.407 e. The third-order valence-corrected chi connectivity index (χ3v) is 5.16. The van der Waals surface area contributed by atoms with Crippen molar-refractivity contribution in [2.45, 2.75) is 58.4 Å². The van der Waals surface area contributed by atoms with Crippen LogP contribution in [0.5, 0.6) is 0 Å². The highest BCUT2D eigenvalue weighted by Gasteiger charge is 2.33. The second-order valence-corrected chi connectivity index (χ2v) is 8.62. The van der Waals surface area contributed by atoms with Crippen LogP contribution >= 0.6 is 0 Å². The van der Waals surface area contributed by atoms with Gasteiger partial charge in [-0.15, -0.1) is 0 Å². The molecule has 2 N–H and O–H groups in total. The molecule has 0 aliphatic carbocycles. The van der Waals surface area contributed by atoms with Crippen LogP contribution in [0.1, 0.15) is 50.2 Å². The number of carbonyl (C=O) groups excluding carboxylic acids is 1. The zero-order chi connectivity index (χ0) is 22.9. The van der Waals surface area contributed by atoms with E-state index in [0.717, 1.165) is 0 Å². The number of fused-ring (bicyclic) bond motifs is 1. The Morgan fingerprint density at radius 1 is 1.35 bits per heavy atom. The molecule has 7 nitrogen and oxygen atoms in total. The van der Waals surface area contributed by atoms with Gasteiger partial charge in [-0.05, 0) is 57.4 Å². The van der Waals surface area contributed by atoms with Crippen LogP contribution < -0.4 is 10.2 Å². The van der Waals surface area contributed by atoms with Crippen molar-refractivity contribution in [3.8, 4) is 0 Å². The molecule has 0 saturated carbocycles. The Bertz CT molecular complexity index is 1010. The number of aromatic carboxylic acids is 1. The van der Waals surface area contributed by atoms with Crippen molar-refractivity contribution in [1.29, 1.82) is 0 Å². The lowest BCUT2D eigenvalue weighted by molar-refractivity contribution is 0.0463. The van der Waals surface area contributed by atoms with E-state index in [4.69, 9.17) is 4.74 Å². The summed E-state index contributed by atoms with van der Waals surface area (Å²) < 4.78 is 34.5. The van der Waals surface area contributed by atoms with Crippen LogP contribution in [0.25, 0.3) is 10.9 Å². The minimum atomic E-state index is -1.39. The predicted octanol–water partition coefficient (Wildman–Crippen LogP) is 4.08. The molecule has 0 radical (unpaired) electrons. The lowest BCUT2D eigenvalue weighted by atomic mass is 10.0. The Balaban J connectivity index is 1.86. The van der Waals surface area contributed by atoms with Crippen molar-refractivity contribution >= 4 is 28.7 Å². The van der Waals surface area contributed by atoms with Crippen molar-refractivity contribution in [1.82, 2.24) is 10.3 Å². The van der Waals surface area contributed by atoms with Gasteiger partial charge in [0.05, 0.1) is 23.8 Å². The standard InChI is InChI=1S/C22H27F2N3O4/c1-5-12-10-13-14(23)6-7-17(19(13)26-18(12)20(28)29)27-9-8-16(15(24)11-27)25-21(30)31-22(2,3)4/h6-7,10,15-16H,5,8-9,11H2,1-4H3,(H,25,30)(H,28,29). The first kappa shape index (κ1) is 22.7. The number of pyridine rings is 1. The van der Waals surface area contributed by atoms with Gasteiger partial charge < -0.3 is 20.1 Å². The van der Waals surface area contributed by atoms with Crippen molar-refractivity contribution in [3.05, 3.63) is 35.3 Å². The third-order valence-electron chi connectivity index (χ3n) is 5.16. The van der Waals surface area contributed by atoms with Crippen LogP contribution in [-0.4, -0.2) is 53.1 Å². The summed E-state index contributed by atoms with van der Waals surface area (Å²) in [4.78, 5) is 29.5. The highest BCUT2D eigenvalue weighted by Crippen LogP contribution is 2.32. The number of hydrogen-bond acceptors (Lipinski definition) is 5. The second-order valence-electron chi connectivity index (χ2n) is 8.62. The van der Waals surface area contributed by atoms with Gasteiger partial charge in [-0.1, -0.05) is 6.92 Å². The Kier molecular flexibility index (Phi) is 6.33. The molecular weight excluding hydrogens is 408 g/mol. The molecule has 0 spiro atoms.